The van der Waals surface area contributed by atoms with E-state index in [1.165, 1.54) is 6.08 Å². The van der Waals surface area contributed by atoms with Gasteiger partial charge in [-0.25, -0.2) is 4.79 Å². The van der Waals surface area contributed by atoms with E-state index < -0.39 is 73.8 Å². The Morgan fingerprint density at radius 1 is 1.15 bits per heavy atom. The van der Waals surface area contributed by atoms with Crippen molar-refractivity contribution in [3.63, 3.8) is 0 Å². The van der Waals surface area contributed by atoms with Gasteiger partial charge in [0.05, 0.1) is 24.9 Å². The van der Waals surface area contributed by atoms with Crippen LogP contribution >= 0.6 is 0 Å². The third kappa shape index (κ3) is 4.46. The normalized spacial score (nSPS) is 39.2. The molecule has 2 aliphatic rings. The average molecular weight is 390 g/mol. The molecule has 1 fully saturated rings. The van der Waals surface area contributed by atoms with Crippen LogP contribution in [0.15, 0.2) is 24.5 Å². The van der Waals surface area contributed by atoms with Gasteiger partial charge in [0.1, 0.15) is 24.4 Å². The molecular weight excluding hydrogens is 368 g/mol. The van der Waals surface area contributed by atoms with Gasteiger partial charge in [-0.15, -0.1) is 6.58 Å². The van der Waals surface area contributed by atoms with Crippen LogP contribution in [0.25, 0.3) is 0 Å². The Labute approximate surface area is 153 Å². The maximum atomic E-state index is 11.3. The Kier molecular flexibility index (Phi) is 6.92. The standard InChI is InChI=1S/C16H22O11/c1-2-6-7(3-10(18)19)8(14(23)24)5-25-15(6)27-16-13(22)12(21)11(20)9(4-17)26-16/h2,5-7,9,11-13,15-17,20-22H,1,3-4H2,(H,18,19)(H,23,24). The van der Waals surface area contributed by atoms with E-state index in [1.54, 1.807) is 0 Å². The van der Waals surface area contributed by atoms with Crippen LogP contribution in [-0.4, -0.2) is 86.2 Å². The van der Waals surface area contributed by atoms with Crippen LogP contribution in [-0.2, 0) is 23.8 Å². The largest absolute Gasteiger partial charge is 0.481 e. The first-order chi connectivity index (χ1) is 12.7. The highest BCUT2D eigenvalue weighted by atomic mass is 16.8. The number of hydrogen-bond acceptors (Lipinski definition) is 9. The zero-order valence-corrected chi connectivity index (χ0v) is 14.1. The first-order valence-corrected chi connectivity index (χ1v) is 8.10. The van der Waals surface area contributed by atoms with Crippen molar-refractivity contribution in [2.75, 3.05) is 6.61 Å². The molecule has 2 rings (SSSR count). The Morgan fingerprint density at radius 3 is 2.33 bits per heavy atom. The number of hydrogen-bond donors (Lipinski definition) is 6. The van der Waals surface area contributed by atoms with E-state index >= 15 is 0 Å². The van der Waals surface area contributed by atoms with Gasteiger partial charge in [0, 0.05) is 11.8 Å². The molecule has 8 unspecified atom stereocenters. The third-order valence-corrected chi connectivity index (χ3v) is 4.54. The van der Waals surface area contributed by atoms with E-state index in [-0.39, 0.29) is 5.57 Å². The van der Waals surface area contributed by atoms with Gasteiger partial charge in [-0.05, 0) is 0 Å². The fourth-order valence-corrected chi connectivity index (χ4v) is 3.07. The van der Waals surface area contributed by atoms with E-state index in [4.69, 9.17) is 19.3 Å². The van der Waals surface area contributed by atoms with Crippen molar-refractivity contribution in [3.05, 3.63) is 24.5 Å². The number of carboxylic acid groups (broad SMARTS) is 2. The van der Waals surface area contributed by atoms with Gasteiger partial charge in [-0.3, -0.25) is 4.79 Å². The van der Waals surface area contributed by atoms with Crippen LogP contribution in [0.2, 0.25) is 0 Å². The maximum Gasteiger partial charge on any atom is 0.335 e. The summed E-state index contributed by atoms with van der Waals surface area (Å²) in [5.41, 5.74) is -0.282. The van der Waals surface area contributed by atoms with Crippen LogP contribution in [0.3, 0.4) is 0 Å². The summed E-state index contributed by atoms with van der Waals surface area (Å²) in [4.78, 5) is 22.5. The molecule has 1 saturated heterocycles. The summed E-state index contributed by atoms with van der Waals surface area (Å²) in [6, 6.07) is 0. The second-order valence-corrected chi connectivity index (χ2v) is 6.23. The molecule has 27 heavy (non-hydrogen) atoms. The number of aliphatic carboxylic acids is 2. The SMILES string of the molecule is C=CC1C(OC2OC(CO)C(O)C(O)C2O)OC=C(C(=O)O)C1CC(=O)O. The highest BCUT2D eigenvalue weighted by molar-refractivity contribution is 5.88. The van der Waals surface area contributed by atoms with Gasteiger partial charge in [0.25, 0.3) is 0 Å². The Bertz CT molecular complexity index is 601. The Balaban J connectivity index is 2.23. The van der Waals surface area contributed by atoms with Gasteiger partial charge in [-0.1, -0.05) is 6.08 Å². The van der Waals surface area contributed by atoms with E-state index in [0.29, 0.717) is 0 Å². The minimum absolute atomic E-state index is 0.282. The molecule has 0 aromatic carbocycles. The molecule has 0 aromatic heterocycles. The van der Waals surface area contributed by atoms with Crippen LogP contribution in [0.1, 0.15) is 6.42 Å². The summed E-state index contributed by atoms with van der Waals surface area (Å²) < 4.78 is 15.9. The molecule has 6 N–H and O–H groups in total. The molecule has 11 nitrogen and oxygen atoms in total. The second kappa shape index (κ2) is 8.78. The average Bonchev–Trinajstić information content (AvgIpc) is 2.61. The van der Waals surface area contributed by atoms with Gasteiger partial charge in [0.15, 0.2) is 6.29 Å². The molecule has 8 atom stereocenters. The zero-order chi connectivity index (χ0) is 20.3. The summed E-state index contributed by atoms with van der Waals surface area (Å²) in [5, 5.41) is 57.1. The molecule has 0 aliphatic carbocycles. The fraction of sp³-hybridized carbons (Fsp3) is 0.625. The lowest BCUT2D eigenvalue weighted by atomic mass is 9.81. The fourth-order valence-electron chi connectivity index (χ4n) is 3.07. The summed E-state index contributed by atoms with van der Waals surface area (Å²) in [6.07, 6.45) is -7.39. The lowest BCUT2D eigenvalue weighted by Crippen LogP contribution is -2.60. The predicted molar refractivity (Wildman–Crippen MR) is 84.9 cm³/mol. The smallest absolute Gasteiger partial charge is 0.335 e. The number of rotatable bonds is 7. The monoisotopic (exact) mass is 390 g/mol. The molecule has 0 saturated carbocycles. The first kappa shape index (κ1) is 21.3. The molecule has 0 aromatic rings. The quantitative estimate of drug-likeness (QED) is 0.265. The van der Waals surface area contributed by atoms with Gasteiger partial charge in [-0.2, -0.15) is 0 Å². The van der Waals surface area contributed by atoms with Crippen molar-refractivity contribution < 1.29 is 54.4 Å². The summed E-state index contributed by atoms with van der Waals surface area (Å²) in [5.74, 6) is -4.56. The molecule has 0 radical (unpaired) electrons. The van der Waals surface area contributed by atoms with Gasteiger partial charge in [0.2, 0.25) is 6.29 Å². The minimum atomic E-state index is -1.69. The van der Waals surface area contributed by atoms with Gasteiger partial charge < -0.3 is 44.8 Å². The van der Waals surface area contributed by atoms with Crippen LogP contribution < -0.4 is 0 Å². The number of aliphatic hydroxyl groups excluding tert-OH is 4. The maximum absolute atomic E-state index is 11.3. The molecule has 0 bridgehead atoms. The topological polar surface area (TPSA) is 183 Å². The highest BCUT2D eigenvalue weighted by Gasteiger charge is 2.47. The molecule has 0 amide bonds. The van der Waals surface area contributed by atoms with Crippen molar-refractivity contribution in [1.29, 1.82) is 0 Å². The Hall–Kier alpha value is -2.02. The number of ether oxygens (including phenoxy) is 3. The van der Waals surface area contributed by atoms with E-state index in [1.807, 2.05) is 0 Å². The van der Waals surface area contributed by atoms with Crippen molar-refractivity contribution in [1.82, 2.24) is 0 Å². The number of carboxylic acids is 2. The van der Waals surface area contributed by atoms with E-state index in [9.17, 15) is 35.1 Å². The molecule has 152 valence electrons. The summed E-state index contributed by atoms with van der Waals surface area (Å²) in [7, 11) is 0. The number of aliphatic hydroxyl groups is 4. The van der Waals surface area contributed by atoms with Crippen LogP contribution in [0.4, 0.5) is 0 Å². The Morgan fingerprint density at radius 2 is 1.81 bits per heavy atom. The molecule has 2 aliphatic heterocycles. The summed E-state index contributed by atoms with van der Waals surface area (Å²) in [6.45, 7) is 2.89. The van der Waals surface area contributed by atoms with E-state index in [2.05, 4.69) is 6.58 Å². The lowest BCUT2D eigenvalue weighted by Gasteiger charge is -2.42. The third-order valence-electron chi connectivity index (χ3n) is 4.54. The van der Waals surface area contributed by atoms with Crippen molar-refractivity contribution in [2.24, 2.45) is 11.8 Å². The minimum Gasteiger partial charge on any atom is -0.481 e. The lowest BCUT2D eigenvalue weighted by molar-refractivity contribution is -0.339. The zero-order valence-electron chi connectivity index (χ0n) is 14.1. The summed E-state index contributed by atoms with van der Waals surface area (Å²) >= 11 is 0. The highest BCUT2D eigenvalue weighted by Crippen LogP contribution is 2.36. The second-order valence-electron chi connectivity index (χ2n) is 6.23. The molecular formula is C16H22O11. The van der Waals surface area contributed by atoms with E-state index in [0.717, 1.165) is 6.26 Å². The van der Waals surface area contributed by atoms with Crippen molar-refractivity contribution in [3.8, 4) is 0 Å². The van der Waals surface area contributed by atoms with Crippen molar-refractivity contribution in [2.45, 2.75) is 43.4 Å². The first-order valence-electron chi connectivity index (χ1n) is 8.10. The van der Waals surface area contributed by atoms with Gasteiger partial charge >= 0.3 is 11.9 Å². The molecule has 2 heterocycles. The van der Waals surface area contributed by atoms with Crippen molar-refractivity contribution >= 4 is 11.9 Å². The number of carbonyl (C=O) groups is 2. The van der Waals surface area contributed by atoms with Crippen LogP contribution in [0.5, 0.6) is 0 Å². The molecule has 11 heteroatoms. The predicted octanol–water partition coefficient (Wildman–Crippen LogP) is -1.98. The van der Waals surface area contributed by atoms with Crippen LogP contribution in [0, 0.1) is 11.8 Å². The molecule has 0 spiro atoms.